The Morgan fingerprint density at radius 2 is 2.20 bits per heavy atom. The maximum Gasteiger partial charge on any atom is 0.249 e. The summed E-state index contributed by atoms with van der Waals surface area (Å²) >= 11 is 8.32. The summed E-state index contributed by atoms with van der Waals surface area (Å²) in [6.45, 7) is 1.04. The van der Waals surface area contributed by atoms with Gasteiger partial charge in [-0.2, -0.15) is 16.7 Å². The molecule has 3 rings (SSSR count). The van der Waals surface area contributed by atoms with Crippen LogP contribution in [0.3, 0.4) is 0 Å². The first kappa shape index (κ1) is 13.9. The lowest BCUT2D eigenvalue weighted by Gasteiger charge is -2.29. The van der Waals surface area contributed by atoms with E-state index >= 15 is 0 Å². The molecule has 2 heterocycles. The van der Waals surface area contributed by atoms with Gasteiger partial charge in [-0.05, 0) is 12.6 Å². The van der Waals surface area contributed by atoms with Crippen LogP contribution in [-0.4, -0.2) is 40.1 Å². The van der Waals surface area contributed by atoms with E-state index in [-0.39, 0.29) is 11.4 Å². The number of nitrogens with zero attached hydrogens (tertiary/aromatic N) is 3. The van der Waals surface area contributed by atoms with Crippen molar-refractivity contribution in [3.8, 4) is 0 Å². The van der Waals surface area contributed by atoms with Gasteiger partial charge < -0.3 is 4.52 Å². The van der Waals surface area contributed by atoms with Gasteiger partial charge in [-0.1, -0.05) is 35.5 Å². The fourth-order valence-corrected chi connectivity index (χ4v) is 3.65. The lowest BCUT2D eigenvalue weighted by atomic mass is 10.1. The van der Waals surface area contributed by atoms with Gasteiger partial charge in [0, 0.05) is 18.1 Å². The number of alkyl halides is 1. The summed E-state index contributed by atoms with van der Waals surface area (Å²) in [7, 11) is 2.09. The molecule has 2 unspecified atom stereocenters. The summed E-state index contributed by atoms with van der Waals surface area (Å²) in [5.74, 6) is 3.35. The van der Waals surface area contributed by atoms with E-state index < -0.39 is 0 Å². The number of benzene rings is 1. The number of hydrogen-bond donors (Lipinski definition) is 0. The Balaban J connectivity index is 1.79. The average Bonchev–Trinajstić information content (AvgIpc) is 2.97. The van der Waals surface area contributed by atoms with Crippen molar-refractivity contribution in [1.29, 1.82) is 0 Å². The molecule has 2 aromatic rings. The fraction of sp³-hybridized carbons (Fsp3) is 0.429. The smallest absolute Gasteiger partial charge is 0.249 e. The van der Waals surface area contributed by atoms with Crippen molar-refractivity contribution in [1.82, 2.24) is 15.0 Å². The van der Waals surface area contributed by atoms with Crippen molar-refractivity contribution in [3.05, 3.63) is 47.6 Å². The third-order valence-electron chi connectivity index (χ3n) is 3.46. The quantitative estimate of drug-likeness (QED) is 0.815. The molecule has 1 aliphatic rings. The van der Waals surface area contributed by atoms with Crippen LogP contribution in [0, 0.1) is 0 Å². The first-order valence-electron chi connectivity index (χ1n) is 6.56. The van der Waals surface area contributed by atoms with Crippen molar-refractivity contribution in [2.24, 2.45) is 0 Å². The van der Waals surface area contributed by atoms with Gasteiger partial charge in [-0.15, -0.1) is 11.6 Å². The number of hydrogen-bond acceptors (Lipinski definition) is 5. The highest BCUT2D eigenvalue weighted by atomic mass is 35.5. The number of aromatic nitrogens is 2. The normalized spacial score (nSPS) is 21.8. The summed E-state index contributed by atoms with van der Waals surface area (Å²) in [5.41, 5.74) is 0.968. The Morgan fingerprint density at radius 3 is 2.95 bits per heavy atom. The van der Waals surface area contributed by atoms with Gasteiger partial charge in [-0.25, -0.2) is 0 Å². The van der Waals surface area contributed by atoms with Crippen LogP contribution in [0.2, 0.25) is 0 Å². The molecule has 0 aliphatic carbocycles. The van der Waals surface area contributed by atoms with Gasteiger partial charge in [0.2, 0.25) is 5.89 Å². The van der Waals surface area contributed by atoms with Crippen LogP contribution in [0.1, 0.15) is 28.7 Å². The molecule has 20 heavy (non-hydrogen) atoms. The molecule has 2 atom stereocenters. The molecular weight excluding hydrogens is 294 g/mol. The molecule has 106 valence electrons. The van der Waals surface area contributed by atoms with Crippen LogP contribution in [-0.2, 0) is 0 Å². The van der Waals surface area contributed by atoms with Crippen LogP contribution >= 0.6 is 23.4 Å². The third-order valence-corrected chi connectivity index (χ3v) is 4.92. The second kappa shape index (κ2) is 6.16. The van der Waals surface area contributed by atoms with Crippen molar-refractivity contribution in [2.45, 2.75) is 11.4 Å². The summed E-state index contributed by atoms with van der Waals surface area (Å²) in [6, 6.07) is 10.0. The van der Waals surface area contributed by atoms with E-state index in [9.17, 15) is 0 Å². The zero-order valence-corrected chi connectivity index (χ0v) is 12.8. The molecule has 1 aromatic carbocycles. The van der Waals surface area contributed by atoms with Crippen molar-refractivity contribution >= 4 is 23.4 Å². The molecule has 1 fully saturated rings. The Morgan fingerprint density at radius 1 is 1.40 bits per heavy atom. The van der Waals surface area contributed by atoms with Crippen LogP contribution in [0.15, 0.2) is 34.9 Å². The largest absolute Gasteiger partial charge is 0.337 e. The minimum atomic E-state index is -0.390. The molecule has 1 saturated heterocycles. The SMILES string of the molecule is CN1CCSCC1c1noc(C(Cl)c2ccccc2)n1. The molecule has 1 aliphatic heterocycles. The summed E-state index contributed by atoms with van der Waals surface area (Å²) < 4.78 is 5.35. The Hall–Kier alpha value is -1.04. The minimum Gasteiger partial charge on any atom is -0.337 e. The number of thioether (sulfide) groups is 1. The van der Waals surface area contributed by atoms with E-state index in [1.807, 2.05) is 42.1 Å². The molecule has 6 heteroatoms. The Kier molecular flexibility index (Phi) is 4.29. The maximum atomic E-state index is 6.41. The summed E-state index contributed by atoms with van der Waals surface area (Å²) in [4.78, 5) is 6.76. The molecular formula is C14H16ClN3OS. The molecule has 0 amide bonds. The highest BCUT2D eigenvalue weighted by molar-refractivity contribution is 7.99. The molecule has 0 saturated carbocycles. The lowest BCUT2D eigenvalue weighted by Crippen LogP contribution is -2.33. The van der Waals surface area contributed by atoms with Crippen molar-refractivity contribution < 1.29 is 4.52 Å². The van der Waals surface area contributed by atoms with E-state index in [4.69, 9.17) is 16.1 Å². The van der Waals surface area contributed by atoms with E-state index in [0.717, 1.165) is 29.4 Å². The topological polar surface area (TPSA) is 42.2 Å². The highest BCUT2D eigenvalue weighted by Crippen LogP contribution is 2.30. The van der Waals surface area contributed by atoms with Crippen molar-refractivity contribution in [3.63, 3.8) is 0 Å². The summed E-state index contributed by atoms with van der Waals surface area (Å²) in [5, 5.41) is 3.72. The molecule has 1 aromatic heterocycles. The molecule has 0 spiro atoms. The standard InChI is InChI=1S/C14H16ClN3OS/c1-18-7-8-20-9-11(18)13-16-14(19-17-13)12(15)10-5-3-2-4-6-10/h2-6,11-12H,7-9H2,1H3. The number of rotatable bonds is 3. The van der Waals surface area contributed by atoms with Gasteiger partial charge in [0.25, 0.3) is 0 Å². The van der Waals surface area contributed by atoms with Crippen LogP contribution in [0.5, 0.6) is 0 Å². The zero-order chi connectivity index (χ0) is 13.9. The highest BCUT2D eigenvalue weighted by Gasteiger charge is 2.27. The van der Waals surface area contributed by atoms with E-state index in [0.29, 0.717) is 5.89 Å². The van der Waals surface area contributed by atoms with Gasteiger partial charge in [0.15, 0.2) is 5.82 Å². The van der Waals surface area contributed by atoms with Gasteiger partial charge >= 0.3 is 0 Å². The van der Waals surface area contributed by atoms with E-state index in [2.05, 4.69) is 22.1 Å². The fourth-order valence-electron chi connectivity index (χ4n) is 2.21. The number of halogens is 1. The molecule has 0 radical (unpaired) electrons. The first-order chi connectivity index (χ1) is 9.75. The van der Waals surface area contributed by atoms with E-state index in [1.165, 1.54) is 0 Å². The summed E-state index contributed by atoms with van der Waals surface area (Å²) in [6.07, 6.45) is 0. The van der Waals surface area contributed by atoms with Gasteiger partial charge in [-0.3, -0.25) is 4.90 Å². The van der Waals surface area contributed by atoms with Gasteiger partial charge in [0.05, 0.1) is 6.04 Å². The predicted molar refractivity (Wildman–Crippen MR) is 81.1 cm³/mol. The second-order valence-electron chi connectivity index (χ2n) is 4.84. The van der Waals surface area contributed by atoms with Crippen LogP contribution in [0.25, 0.3) is 0 Å². The lowest BCUT2D eigenvalue weighted by molar-refractivity contribution is 0.256. The Labute approximate surface area is 127 Å². The van der Waals surface area contributed by atoms with Crippen LogP contribution in [0.4, 0.5) is 0 Å². The monoisotopic (exact) mass is 309 g/mol. The minimum absolute atomic E-state index is 0.214. The average molecular weight is 310 g/mol. The molecule has 4 nitrogen and oxygen atoms in total. The molecule has 0 N–H and O–H groups in total. The maximum absolute atomic E-state index is 6.41. The van der Waals surface area contributed by atoms with Crippen molar-refractivity contribution in [2.75, 3.05) is 25.1 Å². The predicted octanol–water partition coefficient (Wildman–Crippen LogP) is 3.12. The Bertz CT molecular complexity index is 563. The second-order valence-corrected chi connectivity index (χ2v) is 6.42. The zero-order valence-electron chi connectivity index (χ0n) is 11.2. The third kappa shape index (κ3) is 2.85. The van der Waals surface area contributed by atoms with E-state index in [1.54, 1.807) is 0 Å². The van der Waals surface area contributed by atoms with Crippen LogP contribution < -0.4 is 0 Å². The van der Waals surface area contributed by atoms with Gasteiger partial charge in [0.1, 0.15) is 5.38 Å². The molecule has 0 bridgehead atoms. The first-order valence-corrected chi connectivity index (χ1v) is 8.15.